The number of carbonyl (C=O) groups is 1. The van der Waals surface area contributed by atoms with E-state index in [1.54, 1.807) is 7.11 Å². The Bertz CT molecular complexity index is 1320. The molecule has 0 aliphatic carbocycles. The lowest BCUT2D eigenvalue weighted by molar-refractivity contribution is 0.0691. The van der Waals surface area contributed by atoms with E-state index in [0.717, 1.165) is 16.5 Å². The monoisotopic (exact) mass is 448 g/mol. The summed E-state index contributed by atoms with van der Waals surface area (Å²) in [6, 6.07) is 9.38. The fourth-order valence-electron chi connectivity index (χ4n) is 4.01. The van der Waals surface area contributed by atoms with Crippen molar-refractivity contribution in [3.63, 3.8) is 0 Å². The number of ether oxygens (including phenoxy) is 2. The van der Waals surface area contributed by atoms with Crippen molar-refractivity contribution in [3.8, 4) is 11.3 Å². The molecule has 0 atom stereocenters. The molecule has 10 heteroatoms. The highest BCUT2D eigenvalue weighted by atomic mass is 16.5. The van der Waals surface area contributed by atoms with Crippen LogP contribution < -0.4 is 10.2 Å². The molecule has 1 aromatic carbocycles. The molecule has 0 saturated carbocycles. The van der Waals surface area contributed by atoms with Crippen LogP contribution in [0.1, 0.15) is 10.5 Å². The van der Waals surface area contributed by atoms with Gasteiger partial charge in [0.15, 0.2) is 5.69 Å². The molecule has 3 N–H and O–H groups in total. The molecule has 1 saturated heterocycles. The molecule has 33 heavy (non-hydrogen) atoms. The first kappa shape index (κ1) is 21.1. The van der Waals surface area contributed by atoms with Gasteiger partial charge in [-0.15, -0.1) is 0 Å². The first-order chi connectivity index (χ1) is 16.2. The van der Waals surface area contributed by atoms with Crippen molar-refractivity contribution in [2.75, 3.05) is 56.8 Å². The Morgan fingerprint density at radius 3 is 2.85 bits per heavy atom. The highest BCUT2D eigenvalue weighted by Crippen LogP contribution is 2.35. The summed E-state index contributed by atoms with van der Waals surface area (Å²) in [6.07, 6.45) is 1.87. The third kappa shape index (κ3) is 4.06. The molecule has 5 rings (SSSR count). The predicted molar refractivity (Wildman–Crippen MR) is 125 cm³/mol. The van der Waals surface area contributed by atoms with E-state index >= 15 is 0 Å². The van der Waals surface area contributed by atoms with Crippen LogP contribution in [-0.2, 0) is 9.47 Å². The van der Waals surface area contributed by atoms with Gasteiger partial charge in [-0.2, -0.15) is 0 Å². The summed E-state index contributed by atoms with van der Waals surface area (Å²) in [5.41, 5.74) is 3.90. The quantitative estimate of drug-likeness (QED) is 0.366. The Hall–Kier alpha value is -3.76. The number of hydrogen-bond acceptors (Lipinski definition) is 8. The SMILES string of the molecule is COCCNc1cc(C(=O)O)nc2c(-c3cccc4[nH]ccc34)nc(N3CCOCC3)nc12. The highest BCUT2D eigenvalue weighted by Gasteiger charge is 2.22. The summed E-state index contributed by atoms with van der Waals surface area (Å²) < 4.78 is 10.6. The van der Waals surface area contributed by atoms with E-state index in [1.165, 1.54) is 6.07 Å². The summed E-state index contributed by atoms with van der Waals surface area (Å²) in [7, 11) is 1.61. The van der Waals surface area contributed by atoms with Gasteiger partial charge in [-0.05, 0) is 18.2 Å². The number of pyridine rings is 1. The topological polar surface area (TPSA) is 125 Å². The molecule has 0 spiro atoms. The van der Waals surface area contributed by atoms with E-state index in [2.05, 4.69) is 20.2 Å². The number of aromatic amines is 1. The average Bonchev–Trinajstić information content (AvgIpc) is 3.33. The number of fused-ring (bicyclic) bond motifs is 2. The van der Waals surface area contributed by atoms with Gasteiger partial charge in [0, 0.05) is 49.4 Å². The second-order valence-electron chi connectivity index (χ2n) is 7.69. The van der Waals surface area contributed by atoms with Crippen molar-refractivity contribution in [1.82, 2.24) is 19.9 Å². The highest BCUT2D eigenvalue weighted by molar-refractivity contribution is 6.05. The van der Waals surface area contributed by atoms with Gasteiger partial charge in [0.2, 0.25) is 5.95 Å². The van der Waals surface area contributed by atoms with Crippen LogP contribution in [0.15, 0.2) is 36.5 Å². The third-order valence-electron chi connectivity index (χ3n) is 5.63. The van der Waals surface area contributed by atoms with Crippen LogP contribution in [0, 0.1) is 0 Å². The lowest BCUT2D eigenvalue weighted by Crippen LogP contribution is -2.37. The number of morpholine rings is 1. The van der Waals surface area contributed by atoms with Crippen molar-refractivity contribution < 1.29 is 19.4 Å². The third-order valence-corrected chi connectivity index (χ3v) is 5.63. The predicted octanol–water partition coefficient (Wildman–Crippen LogP) is 2.77. The van der Waals surface area contributed by atoms with E-state index < -0.39 is 5.97 Å². The molecule has 1 fully saturated rings. The molecular formula is C23H24N6O4. The number of anilines is 2. The smallest absolute Gasteiger partial charge is 0.354 e. The Morgan fingerprint density at radius 2 is 2.06 bits per heavy atom. The standard InChI is InChI=1S/C23H24N6O4/c1-32-10-7-25-17-13-18(22(30)31)26-21-19(15-3-2-4-16-14(15)5-6-24-16)27-23(28-20(17)21)29-8-11-33-12-9-29/h2-6,13,24H,7-12H2,1H3,(H,25,26)(H,30,31). The minimum absolute atomic E-state index is 0.0763. The van der Waals surface area contributed by atoms with Crippen LogP contribution in [0.3, 0.4) is 0 Å². The zero-order valence-corrected chi connectivity index (χ0v) is 18.2. The summed E-state index contributed by atoms with van der Waals surface area (Å²) in [4.78, 5) is 31.4. The summed E-state index contributed by atoms with van der Waals surface area (Å²) in [6.45, 7) is 3.49. The van der Waals surface area contributed by atoms with Crippen molar-refractivity contribution >= 4 is 39.5 Å². The molecule has 4 heterocycles. The fourth-order valence-corrected chi connectivity index (χ4v) is 4.01. The fraction of sp³-hybridized carbons (Fsp3) is 0.304. The number of aromatic nitrogens is 4. The zero-order valence-electron chi connectivity index (χ0n) is 18.2. The van der Waals surface area contributed by atoms with Crippen molar-refractivity contribution in [1.29, 1.82) is 0 Å². The van der Waals surface area contributed by atoms with Gasteiger partial charge in [0.1, 0.15) is 16.7 Å². The maximum absolute atomic E-state index is 11.9. The number of aromatic carboxylic acids is 1. The normalized spacial score (nSPS) is 14.2. The molecule has 4 aromatic rings. The van der Waals surface area contributed by atoms with Crippen LogP contribution in [0.2, 0.25) is 0 Å². The number of methoxy groups -OCH3 is 1. The van der Waals surface area contributed by atoms with Crippen molar-refractivity contribution in [2.45, 2.75) is 0 Å². The molecule has 0 bridgehead atoms. The van der Waals surface area contributed by atoms with Gasteiger partial charge in [0.25, 0.3) is 0 Å². The molecule has 10 nitrogen and oxygen atoms in total. The lowest BCUT2D eigenvalue weighted by Gasteiger charge is -2.27. The van der Waals surface area contributed by atoms with Crippen LogP contribution in [0.25, 0.3) is 33.2 Å². The maximum Gasteiger partial charge on any atom is 0.354 e. The number of hydrogen-bond donors (Lipinski definition) is 3. The molecule has 3 aromatic heterocycles. The summed E-state index contributed by atoms with van der Waals surface area (Å²) >= 11 is 0. The van der Waals surface area contributed by atoms with E-state index in [9.17, 15) is 9.90 Å². The lowest BCUT2D eigenvalue weighted by atomic mass is 10.0. The largest absolute Gasteiger partial charge is 0.477 e. The van der Waals surface area contributed by atoms with Crippen molar-refractivity contribution in [2.24, 2.45) is 0 Å². The average molecular weight is 448 g/mol. The Kier molecular flexibility index (Phi) is 5.76. The van der Waals surface area contributed by atoms with Gasteiger partial charge in [-0.25, -0.2) is 19.7 Å². The Balaban J connectivity index is 1.78. The van der Waals surface area contributed by atoms with E-state index in [-0.39, 0.29) is 5.69 Å². The van der Waals surface area contributed by atoms with E-state index in [0.29, 0.717) is 67.8 Å². The maximum atomic E-state index is 11.9. The number of nitrogens with one attached hydrogen (secondary N) is 2. The Morgan fingerprint density at radius 1 is 1.21 bits per heavy atom. The van der Waals surface area contributed by atoms with Crippen LogP contribution in [-0.4, -0.2) is 77.6 Å². The zero-order chi connectivity index (χ0) is 22.8. The minimum Gasteiger partial charge on any atom is -0.477 e. The van der Waals surface area contributed by atoms with Gasteiger partial charge in [-0.3, -0.25) is 0 Å². The number of nitrogens with zero attached hydrogens (tertiary/aromatic N) is 4. The molecule has 0 radical (unpaired) electrons. The number of carboxylic acid groups (broad SMARTS) is 1. The summed E-state index contributed by atoms with van der Waals surface area (Å²) in [5.74, 6) is -0.553. The molecular weight excluding hydrogens is 424 g/mol. The molecule has 0 amide bonds. The number of H-pyrrole nitrogens is 1. The summed E-state index contributed by atoms with van der Waals surface area (Å²) in [5, 5.41) is 13.9. The second-order valence-corrected chi connectivity index (χ2v) is 7.69. The van der Waals surface area contributed by atoms with Gasteiger partial charge >= 0.3 is 5.97 Å². The van der Waals surface area contributed by atoms with Crippen LogP contribution >= 0.6 is 0 Å². The van der Waals surface area contributed by atoms with Gasteiger partial charge < -0.3 is 29.8 Å². The second kappa shape index (κ2) is 9.00. The van der Waals surface area contributed by atoms with Crippen LogP contribution in [0.4, 0.5) is 11.6 Å². The van der Waals surface area contributed by atoms with Gasteiger partial charge in [0.05, 0.1) is 25.5 Å². The van der Waals surface area contributed by atoms with Crippen molar-refractivity contribution in [3.05, 3.63) is 42.2 Å². The first-order valence-corrected chi connectivity index (χ1v) is 10.7. The first-order valence-electron chi connectivity index (χ1n) is 10.7. The Labute approximate surface area is 189 Å². The number of rotatable bonds is 7. The molecule has 170 valence electrons. The van der Waals surface area contributed by atoms with Crippen LogP contribution in [0.5, 0.6) is 0 Å². The van der Waals surface area contributed by atoms with E-state index in [1.807, 2.05) is 30.5 Å². The minimum atomic E-state index is -1.12. The number of benzene rings is 1. The number of carboxylic acids is 1. The van der Waals surface area contributed by atoms with Gasteiger partial charge in [-0.1, -0.05) is 12.1 Å². The molecule has 1 aliphatic rings. The molecule has 0 unspecified atom stereocenters. The molecule has 1 aliphatic heterocycles. The van der Waals surface area contributed by atoms with E-state index in [4.69, 9.17) is 19.4 Å².